The molecule has 1 saturated heterocycles. The van der Waals surface area contributed by atoms with Crippen LogP contribution in [-0.4, -0.2) is 55.2 Å². The van der Waals surface area contributed by atoms with Gasteiger partial charge in [0.15, 0.2) is 0 Å². The van der Waals surface area contributed by atoms with Crippen molar-refractivity contribution in [1.82, 2.24) is 9.88 Å². The van der Waals surface area contributed by atoms with Crippen molar-refractivity contribution in [2.75, 3.05) is 50.0 Å². The van der Waals surface area contributed by atoms with Crippen LogP contribution in [0.15, 0.2) is 42.6 Å². The first kappa shape index (κ1) is 17.7. The molecule has 2 N–H and O–H groups in total. The quantitative estimate of drug-likeness (QED) is 0.829. The predicted octanol–water partition coefficient (Wildman–Crippen LogP) is 2.73. The van der Waals surface area contributed by atoms with Crippen LogP contribution in [0, 0.1) is 0 Å². The first-order valence-electron chi connectivity index (χ1n) is 8.28. The number of amides is 1. The summed E-state index contributed by atoms with van der Waals surface area (Å²) in [7, 11) is 0. The maximum atomic E-state index is 12.1. The third kappa shape index (κ3) is 5.42. The van der Waals surface area contributed by atoms with E-state index in [9.17, 15) is 4.79 Å². The lowest BCUT2D eigenvalue weighted by Gasteiger charge is -2.26. The summed E-state index contributed by atoms with van der Waals surface area (Å²) in [5.41, 5.74) is 1.20. The second kappa shape index (κ2) is 8.80. The average Bonchev–Trinajstić information content (AvgIpc) is 2.64. The molecule has 0 saturated carbocycles. The molecule has 0 bridgehead atoms. The number of nitrogens with one attached hydrogen (secondary N) is 2. The molecule has 6 nitrogen and oxygen atoms in total. The first-order chi connectivity index (χ1) is 12.2. The van der Waals surface area contributed by atoms with E-state index in [0.717, 1.165) is 45.2 Å². The highest BCUT2D eigenvalue weighted by molar-refractivity contribution is 6.30. The fraction of sp³-hybridized carbons (Fsp3) is 0.333. The van der Waals surface area contributed by atoms with Gasteiger partial charge in [0.2, 0.25) is 0 Å². The summed E-state index contributed by atoms with van der Waals surface area (Å²) in [4.78, 5) is 18.8. The van der Waals surface area contributed by atoms with Crippen LogP contribution in [0.3, 0.4) is 0 Å². The van der Waals surface area contributed by atoms with Crippen LogP contribution in [0.2, 0.25) is 5.02 Å². The molecule has 1 aliphatic heterocycles. The Morgan fingerprint density at radius 2 is 1.92 bits per heavy atom. The van der Waals surface area contributed by atoms with E-state index in [1.807, 2.05) is 12.1 Å². The van der Waals surface area contributed by atoms with Crippen molar-refractivity contribution in [3.8, 4) is 0 Å². The van der Waals surface area contributed by atoms with Gasteiger partial charge >= 0.3 is 0 Å². The summed E-state index contributed by atoms with van der Waals surface area (Å²) >= 11 is 5.83. The fourth-order valence-corrected chi connectivity index (χ4v) is 2.67. The van der Waals surface area contributed by atoms with Gasteiger partial charge in [-0.25, -0.2) is 4.98 Å². The molecule has 132 valence electrons. The molecule has 0 atom stereocenters. The number of aromatic nitrogens is 1. The number of ether oxygens (including phenoxy) is 1. The second-order valence-corrected chi connectivity index (χ2v) is 6.21. The number of halogens is 1. The lowest BCUT2D eigenvalue weighted by molar-refractivity contribution is 0.0398. The third-order valence-electron chi connectivity index (χ3n) is 3.97. The van der Waals surface area contributed by atoms with Crippen LogP contribution in [0.5, 0.6) is 0 Å². The average molecular weight is 361 g/mol. The number of pyridine rings is 1. The number of hydrogen-bond donors (Lipinski definition) is 2. The molecule has 1 fully saturated rings. The lowest BCUT2D eigenvalue weighted by Crippen LogP contribution is -2.39. The van der Waals surface area contributed by atoms with Gasteiger partial charge in [0.1, 0.15) is 5.82 Å². The van der Waals surface area contributed by atoms with Gasteiger partial charge in [-0.3, -0.25) is 9.69 Å². The highest BCUT2D eigenvalue weighted by atomic mass is 35.5. The molecular formula is C18H21ClN4O2. The van der Waals surface area contributed by atoms with Gasteiger partial charge in [0, 0.05) is 36.8 Å². The standard InChI is InChI=1S/C18H21ClN4O2/c19-15-3-1-14(2-4-15)18(24)22-16-5-6-17(21-13-16)20-7-8-23-9-11-25-12-10-23/h1-6,13H,7-12H2,(H,20,21)(H,22,24). The van der Waals surface area contributed by atoms with Gasteiger partial charge in [0.25, 0.3) is 5.91 Å². The van der Waals surface area contributed by atoms with Crippen molar-refractivity contribution >= 4 is 29.0 Å². The Labute approximate surface area is 152 Å². The monoisotopic (exact) mass is 360 g/mol. The molecule has 1 aromatic carbocycles. The zero-order valence-corrected chi connectivity index (χ0v) is 14.6. The van der Waals surface area contributed by atoms with Crippen molar-refractivity contribution < 1.29 is 9.53 Å². The van der Waals surface area contributed by atoms with E-state index < -0.39 is 0 Å². The smallest absolute Gasteiger partial charge is 0.255 e. The summed E-state index contributed by atoms with van der Waals surface area (Å²) in [5.74, 6) is 0.601. The van der Waals surface area contributed by atoms with Gasteiger partial charge in [-0.2, -0.15) is 0 Å². The molecule has 25 heavy (non-hydrogen) atoms. The van der Waals surface area contributed by atoms with E-state index in [0.29, 0.717) is 16.3 Å². The number of nitrogens with zero attached hydrogens (tertiary/aromatic N) is 2. The Balaban J connectivity index is 1.46. The Morgan fingerprint density at radius 1 is 1.16 bits per heavy atom. The van der Waals surface area contributed by atoms with Gasteiger partial charge in [-0.1, -0.05) is 11.6 Å². The first-order valence-corrected chi connectivity index (χ1v) is 8.65. The molecule has 1 aliphatic rings. The maximum absolute atomic E-state index is 12.1. The molecule has 7 heteroatoms. The minimum Gasteiger partial charge on any atom is -0.379 e. The van der Waals surface area contributed by atoms with Gasteiger partial charge < -0.3 is 15.4 Å². The fourth-order valence-electron chi connectivity index (χ4n) is 2.54. The zero-order chi connectivity index (χ0) is 17.5. The minimum atomic E-state index is -0.188. The van der Waals surface area contributed by atoms with Crippen LogP contribution in [0.1, 0.15) is 10.4 Å². The van der Waals surface area contributed by atoms with Crippen molar-refractivity contribution in [3.63, 3.8) is 0 Å². The highest BCUT2D eigenvalue weighted by Crippen LogP contribution is 2.13. The van der Waals surface area contributed by atoms with Crippen molar-refractivity contribution in [3.05, 3.63) is 53.2 Å². The number of carbonyl (C=O) groups excluding carboxylic acids is 1. The van der Waals surface area contributed by atoms with E-state index in [1.165, 1.54) is 0 Å². The number of carbonyl (C=O) groups is 1. The molecule has 2 aromatic rings. The zero-order valence-electron chi connectivity index (χ0n) is 13.9. The van der Waals surface area contributed by atoms with E-state index in [4.69, 9.17) is 16.3 Å². The molecule has 0 aliphatic carbocycles. The third-order valence-corrected chi connectivity index (χ3v) is 4.22. The Hall–Kier alpha value is -2.15. The number of morpholine rings is 1. The molecule has 1 aromatic heterocycles. The SMILES string of the molecule is O=C(Nc1ccc(NCCN2CCOCC2)nc1)c1ccc(Cl)cc1. The molecular weight excluding hydrogens is 340 g/mol. The molecule has 3 rings (SSSR count). The summed E-state index contributed by atoms with van der Waals surface area (Å²) in [6.45, 7) is 5.35. The molecule has 2 heterocycles. The van der Waals surface area contributed by atoms with Crippen LogP contribution in [-0.2, 0) is 4.74 Å². The van der Waals surface area contributed by atoms with Crippen molar-refractivity contribution in [2.45, 2.75) is 0 Å². The summed E-state index contributed by atoms with van der Waals surface area (Å²) in [5, 5.41) is 6.71. The normalized spacial score (nSPS) is 14.9. The van der Waals surface area contributed by atoms with Crippen LogP contribution < -0.4 is 10.6 Å². The number of hydrogen-bond acceptors (Lipinski definition) is 5. The summed E-state index contributed by atoms with van der Waals surface area (Å²) < 4.78 is 5.33. The van der Waals surface area contributed by atoms with E-state index in [2.05, 4.69) is 20.5 Å². The van der Waals surface area contributed by atoms with Crippen molar-refractivity contribution in [2.24, 2.45) is 0 Å². The Morgan fingerprint density at radius 3 is 2.60 bits per heavy atom. The summed E-state index contributed by atoms with van der Waals surface area (Å²) in [6, 6.07) is 10.4. The van der Waals surface area contributed by atoms with Crippen LogP contribution in [0.4, 0.5) is 11.5 Å². The Kier molecular flexibility index (Phi) is 6.22. The van der Waals surface area contributed by atoms with E-state index >= 15 is 0 Å². The predicted molar refractivity (Wildman–Crippen MR) is 99.4 cm³/mol. The summed E-state index contributed by atoms with van der Waals surface area (Å²) in [6.07, 6.45) is 1.64. The molecule has 1 amide bonds. The highest BCUT2D eigenvalue weighted by Gasteiger charge is 2.09. The number of anilines is 2. The topological polar surface area (TPSA) is 66.5 Å². The number of benzene rings is 1. The maximum Gasteiger partial charge on any atom is 0.255 e. The van der Waals surface area contributed by atoms with Gasteiger partial charge in [-0.15, -0.1) is 0 Å². The Bertz CT molecular complexity index is 685. The molecule has 0 spiro atoms. The van der Waals surface area contributed by atoms with Gasteiger partial charge in [0.05, 0.1) is 25.1 Å². The molecule has 0 radical (unpaired) electrons. The number of rotatable bonds is 6. The van der Waals surface area contributed by atoms with Crippen LogP contribution in [0.25, 0.3) is 0 Å². The van der Waals surface area contributed by atoms with Crippen molar-refractivity contribution in [1.29, 1.82) is 0 Å². The second-order valence-electron chi connectivity index (χ2n) is 5.77. The lowest BCUT2D eigenvalue weighted by atomic mass is 10.2. The largest absolute Gasteiger partial charge is 0.379 e. The van der Waals surface area contributed by atoms with Crippen LogP contribution >= 0.6 is 11.6 Å². The van der Waals surface area contributed by atoms with E-state index in [-0.39, 0.29) is 5.91 Å². The molecule has 0 unspecified atom stereocenters. The van der Waals surface area contributed by atoms with E-state index in [1.54, 1.807) is 30.5 Å². The minimum absolute atomic E-state index is 0.188. The van der Waals surface area contributed by atoms with Gasteiger partial charge in [-0.05, 0) is 36.4 Å².